The first-order valence-electron chi connectivity index (χ1n) is 5.95. The molecule has 0 radical (unpaired) electrons. The molecule has 0 heterocycles. The van der Waals surface area contributed by atoms with E-state index in [1.807, 2.05) is 30.3 Å². The van der Waals surface area contributed by atoms with E-state index in [1.165, 1.54) is 5.56 Å². The molecule has 2 aromatic carbocycles. The van der Waals surface area contributed by atoms with Crippen LogP contribution in [-0.2, 0) is 0 Å². The van der Waals surface area contributed by atoms with Gasteiger partial charge in [0.25, 0.3) is 0 Å². The van der Waals surface area contributed by atoms with Crippen LogP contribution in [0.2, 0.25) is 0 Å². The zero-order chi connectivity index (χ0) is 13.8. The first kappa shape index (κ1) is 14.4. The van der Waals surface area contributed by atoms with Gasteiger partial charge in [0.1, 0.15) is 5.75 Å². The monoisotopic (exact) mass is 383 g/mol. The molecular formula is C15H15Br2NO. The van der Waals surface area contributed by atoms with Crippen LogP contribution in [0.5, 0.6) is 5.75 Å². The summed E-state index contributed by atoms with van der Waals surface area (Å²) in [7, 11) is 1.67. The zero-order valence-corrected chi connectivity index (χ0v) is 14.0. The number of benzene rings is 2. The van der Waals surface area contributed by atoms with E-state index in [0.717, 1.165) is 20.4 Å². The summed E-state index contributed by atoms with van der Waals surface area (Å²) < 4.78 is 7.31. The lowest BCUT2D eigenvalue weighted by molar-refractivity contribution is 0.415. The molecule has 0 saturated carbocycles. The average Bonchev–Trinajstić information content (AvgIpc) is 2.39. The van der Waals surface area contributed by atoms with Crippen molar-refractivity contribution in [3.05, 3.63) is 57.0 Å². The zero-order valence-electron chi connectivity index (χ0n) is 10.8. The molecule has 0 fully saturated rings. The first-order valence-corrected chi connectivity index (χ1v) is 7.54. The van der Waals surface area contributed by atoms with Crippen molar-refractivity contribution in [1.29, 1.82) is 0 Å². The van der Waals surface area contributed by atoms with Crippen molar-refractivity contribution >= 4 is 37.5 Å². The summed E-state index contributed by atoms with van der Waals surface area (Å²) in [6, 6.07) is 14.4. The predicted octanol–water partition coefficient (Wildman–Crippen LogP) is 5.39. The lowest BCUT2D eigenvalue weighted by atomic mass is 10.1. The summed E-state index contributed by atoms with van der Waals surface area (Å²) in [4.78, 5) is 0. The average molecular weight is 385 g/mol. The SMILES string of the molecule is COc1ccc(NC(C)c2ccc(Br)cc2Br)cc1. The van der Waals surface area contributed by atoms with E-state index in [9.17, 15) is 0 Å². The highest BCUT2D eigenvalue weighted by molar-refractivity contribution is 9.11. The van der Waals surface area contributed by atoms with Crippen molar-refractivity contribution in [2.45, 2.75) is 13.0 Å². The fourth-order valence-electron chi connectivity index (χ4n) is 1.87. The Morgan fingerprint density at radius 3 is 2.32 bits per heavy atom. The van der Waals surface area contributed by atoms with Gasteiger partial charge in [-0.2, -0.15) is 0 Å². The third-order valence-corrected chi connectivity index (χ3v) is 4.08. The number of halogens is 2. The Morgan fingerprint density at radius 1 is 1.05 bits per heavy atom. The Kier molecular flexibility index (Phi) is 4.88. The third kappa shape index (κ3) is 3.74. The predicted molar refractivity (Wildman–Crippen MR) is 86.9 cm³/mol. The quantitative estimate of drug-likeness (QED) is 0.762. The summed E-state index contributed by atoms with van der Waals surface area (Å²) in [5.74, 6) is 0.864. The second-order valence-electron chi connectivity index (χ2n) is 4.26. The third-order valence-electron chi connectivity index (χ3n) is 2.90. The van der Waals surface area contributed by atoms with Crippen LogP contribution < -0.4 is 10.1 Å². The number of ether oxygens (including phenoxy) is 1. The minimum Gasteiger partial charge on any atom is -0.497 e. The first-order chi connectivity index (χ1) is 9.10. The maximum Gasteiger partial charge on any atom is 0.119 e. The summed E-state index contributed by atoms with van der Waals surface area (Å²) in [6.45, 7) is 2.14. The molecule has 2 nitrogen and oxygen atoms in total. The summed E-state index contributed by atoms with van der Waals surface area (Å²) >= 11 is 7.06. The molecule has 0 saturated heterocycles. The van der Waals surface area contributed by atoms with Gasteiger partial charge in [-0.05, 0) is 48.9 Å². The fraction of sp³-hybridized carbons (Fsp3) is 0.200. The van der Waals surface area contributed by atoms with Crippen LogP contribution in [0.1, 0.15) is 18.5 Å². The molecule has 19 heavy (non-hydrogen) atoms. The van der Waals surface area contributed by atoms with E-state index < -0.39 is 0 Å². The summed E-state index contributed by atoms with van der Waals surface area (Å²) in [5, 5.41) is 3.47. The van der Waals surface area contributed by atoms with Gasteiger partial charge >= 0.3 is 0 Å². The second kappa shape index (κ2) is 6.44. The van der Waals surface area contributed by atoms with Gasteiger partial charge in [0.15, 0.2) is 0 Å². The van der Waals surface area contributed by atoms with E-state index in [2.05, 4.69) is 56.2 Å². The number of anilines is 1. The van der Waals surface area contributed by atoms with Crippen LogP contribution in [0, 0.1) is 0 Å². The summed E-state index contributed by atoms with van der Waals surface area (Å²) in [5.41, 5.74) is 2.29. The molecule has 0 spiro atoms. The summed E-state index contributed by atoms with van der Waals surface area (Å²) in [6.07, 6.45) is 0. The standard InChI is InChI=1S/C15H15Br2NO/c1-10(14-8-3-11(16)9-15(14)17)18-12-4-6-13(19-2)7-5-12/h3-10,18H,1-2H3. The largest absolute Gasteiger partial charge is 0.497 e. The minimum atomic E-state index is 0.218. The number of hydrogen-bond acceptors (Lipinski definition) is 2. The van der Waals surface area contributed by atoms with Gasteiger partial charge in [0, 0.05) is 20.7 Å². The Balaban J connectivity index is 2.13. The number of hydrogen-bond donors (Lipinski definition) is 1. The van der Waals surface area contributed by atoms with Crippen molar-refractivity contribution in [2.24, 2.45) is 0 Å². The lowest BCUT2D eigenvalue weighted by Gasteiger charge is -2.17. The lowest BCUT2D eigenvalue weighted by Crippen LogP contribution is -2.07. The van der Waals surface area contributed by atoms with E-state index in [4.69, 9.17) is 4.74 Å². The van der Waals surface area contributed by atoms with E-state index in [1.54, 1.807) is 7.11 Å². The van der Waals surface area contributed by atoms with Crippen LogP contribution in [0.4, 0.5) is 5.69 Å². The van der Waals surface area contributed by atoms with Crippen molar-refractivity contribution in [3.63, 3.8) is 0 Å². The normalized spacial score (nSPS) is 12.0. The molecule has 2 aromatic rings. The molecule has 100 valence electrons. The van der Waals surface area contributed by atoms with Crippen molar-refractivity contribution in [2.75, 3.05) is 12.4 Å². The molecule has 0 aliphatic rings. The molecule has 2 rings (SSSR count). The number of methoxy groups -OCH3 is 1. The van der Waals surface area contributed by atoms with Crippen LogP contribution in [-0.4, -0.2) is 7.11 Å². The molecule has 1 atom stereocenters. The van der Waals surface area contributed by atoms with Gasteiger partial charge in [-0.25, -0.2) is 0 Å². The molecule has 0 amide bonds. The van der Waals surface area contributed by atoms with Gasteiger partial charge in [-0.1, -0.05) is 37.9 Å². The van der Waals surface area contributed by atoms with Crippen molar-refractivity contribution in [1.82, 2.24) is 0 Å². The minimum absolute atomic E-state index is 0.218. The Bertz CT molecular complexity index is 555. The van der Waals surface area contributed by atoms with Gasteiger partial charge < -0.3 is 10.1 Å². The molecule has 0 aliphatic carbocycles. The molecule has 4 heteroatoms. The molecule has 0 aromatic heterocycles. The molecule has 0 aliphatic heterocycles. The fourth-order valence-corrected chi connectivity index (χ4v) is 3.26. The smallest absolute Gasteiger partial charge is 0.119 e. The van der Waals surface area contributed by atoms with Gasteiger partial charge in [-0.15, -0.1) is 0 Å². The molecule has 1 N–H and O–H groups in total. The highest BCUT2D eigenvalue weighted by Gasteiger charge is 2.09. The van der Waals surface area contributed by atoms with Crippen LogP contribution in [0.3, 0.4) is 0 Å². The van der Waals surface area contributed by atoms with Crippen LogP contribution in [0.25, 0.3) is 0 Å². The van der Waals surface area contributed by atoms with Crippen molar-refractivity contribution in [3.8, 4) is 5.75 Å². The van der Waals surface area contributed by atoms with Gasteiger partial charge in [0.05, 0.1) is 7.11 Å². The number of nitrogens with one attached hydrogen (secondary N) is 1. The van der Waals surface area contributed by atoms with E-state index >= 15 is 0 Å². The highest BCUT2D eigenvalue weighted by atomic mass is 79.9. The Morgan fingerprint density at radius 2 is 1.74 bits per heavy atom. The maximum atomic E-state index is 5.15. The van der Waals surface area contributed by atoms with Gasteiger partial charge in [-0.3, -0.25) is 0 Å². The van der Waals surface area contributed by atoms with Gasteiger partial charge in [0.2, 0.25) is 0 Å². The molecule has 0 bridgehead atoms. The second-order valence-corrected chi connectivity index (χ2v) is 6.03. The van der Waals surface area contributed by atoms with Crippen LogP contribution >= 0.6 is 31.9 Å². The molecular weight excluding hydrogens is 370 g/mol. The van der Waals surface area contributed by atoms with Crippen molar-refractivity contribution < 1.29 is 4.74 Å². The Hall–Kier alpha value is -1.000. The molecule has 1 unspecified atom stereocenters. The highest BCUT2D eigenvalue weighted by Crippen LogP contribution is 2.29. The van der Waals surface area contributed by atoms with E-state index in [0.29, 0.717) is 0 Å². The Labute approximate surface area is 130 Å². The number of rotatable bonds is 4. The topological polar surface area (TPSA) is 21.3 Å². The maximum absolute atomic E-state index is 5.15. The van der Waals surface area contributed by atoms with Crippen LogP contribution in [0.15, 0.2) is 51.4 Å². The van der Waals surface area contributed by atoms with E-state index in [-0.39, 0.29) is 6.04 Å².